The molecule has 27 heavy (non-hydrogen) atoms. The van der Waals surface area contributed by atoms with Crippen molar-refractivity contribution in [1.82, 2.24) is 4.98 Å². The first kappa shape index (κ1) is 17.9. The van der Waals surface area contributed by atoms with Gasteiger partial charge in [-0.1, -0.05) is 23.2 Å². The van der Waals surface area contributed by atoms with Crippen LogP contribution in [0.25, 0.3) is 11.0 Å². The Kier molecular flexibility index (Phi) is 4.85. The maximum atomic E-state index is 12.2. The van der Waals surface area contributed by atoms with Crippen LogP contribution in [0.3, 0.4) is 0 Å². The van der Waals surface area contributed by atoms with E-state index in [-0.39, 0.29) is 0 Å². The number of hydrogen-bond acceptors (Lipinski definition) is 6. The first-order chi connectivity index (χ1) is 13.1. The number of benzene rings is 1. The minimum Gasteiger partial charge on any atom is -0.493 e. The van der Waals surface area contributed by atoms with Gasteiger partial charge in [-0.25, -0.2) is 4.79 Å². The average molecular weight is 407 g/mol. The molecule has 0 bridgehead atoms. The number of halogens is 2. The molecular formula is C19H16Cl2N2O4. The standard InChI is InChI=1S/C19H16Cl2N2O4/c1-25-15-5-4-11-14(23-17-12(20)7-22-8-13(17)21)6-16(24)27-18(11)19(15)26-9-10-2-3-10/h4-8,10H,2-3,9H2,1H3,(H,22,23). The molecule has 0 spiro atoms. The smallest absolute Gasteiger partial charge is 0.338 e. The van der Waals surface area contributed by atoms with Gasteiger partial charge in [-0.3, -0.25) is 4.98 Å². The van der Waals surface area contributed by atoms with Crippen LogP contribution in [0.15, 0.2) is 39.8 Å². The molecule has 1 fully saturated rings. The molecule has 0 unspecified atom stereocenters. The number of hydrogen-bond donors (Lipinski definition) is 1. The number of ether oxygens (including phenoxy) is 2. The van der Waals surface area contributed by atoms with Gasteiger partial charge >= 0.3 is 5.63 Å². The van der Waals surface area contributed by atoms with Crippen molar-refractivity contribution in [3.8, 4) is 11.5 Å². The summed E-state index contributed by atoms with van der Waals surface area (Å²) in [5.74, 6) is 1.45. The fourth-order valence-electron chi connectivity index (χ4n) is 2.74. The lowest BCUT2D eigenvalue weighted by atomic mass is 10.1. The highest BCUT2D eigenvalue weighted by Crippen LogP contribution is 2.41. The predicted octanol–water partition coefficient (Wildman–Crippen LogP) is 5.04. The van der Waals surface area contributed by atoms with Crippen LogP contribution in [-0.2, 0) is 0 Å². The van der Waals surface area contributed by atoms with Gasteiger partial charge in [0.05, 0.1) is 35.1 Å². The topological polar surface area (TPSA) is 73.6 Å². The SMILES string of the molecule is COc1ccc2c(Nc3c(Cl)cncc3Cl)cc(=O)oc2c1OCC1CC1. The molecule has 1 aromatic carbocycles. The second-order valence-electron chi connectivity index (χ2n) is 6.31. The summed E-state index contributed by atoms with van der Waals surface area (Å²) in [6.07, 6.45) is 5.22. The predicted molar refractivity (Wildman–Crippen MR) is 105 cm³/mol. The third kappa shape index (κ3) is 3.68. The number of methoxy groups -OCH3 is 1. The van der Waals surface area contributed by atoms with Gasteiger partial charge in [-0.05, 0) is 30.9 Å². The molecule has 0 amide bonds. The number of rotatable bonds is 6. The van der Waals surface area contributed by atoms with Gasteiger partial charge in [-0.15, -0.1) is 0 Å². The summed E-state index contributed by atoms with van der Waals surface area (Å²) < 4.78 is 16.8. The van der Waals surface area contributed by atoms with E-state index in [1.54, 1.807) is 19.2 Å². The summed E-state index contributed by atoms with van der Waals surface area (Å²) in [6.45, 7) is 0.554. The lowest BCUT2D eigenvalue weighted by molar-refractivity contribution is 0.279. The van der Waals surface area contributed by atoms with Crippen molar-refractivity contribution in [2.45, 2.75) is 12.8 Å². The Balaban J connectivity index is 1.83. The summed E-state index contributed by atoms with van der Waals surface area (Å²) in [5, 5.41) is 4.42. The zero-order valence-electron chi connectivity index (χ0n) is 14.4. The van der Waals surface area contributed by atoms with Crippen LogP contribution >= 0.6 is 23.2 Å². The first-order valence-corrected chi connectivity index (χ1v) is 9.16. The van der Waals surface area contributed by atoms with E-state index in [0.717, 1.165) is 12.8 Å². The molecule has 1 saturated carbocycles. The Bertz CT molecular complexity index is 1040. The number of fused-ring (bicyclic) bond motifs is 1. The molecule has 0 radical (unpaired) electrons. The van der Waals surface area contributed by atoms with Crippen molar-refractivity contribution in [3.05, 3.63) is 51.1 Å². The third-order valence-electron chi connectivity index (χ3n) is 4.32. The van der Waals surface area contributed by atoms with Crippen LogP contribution < -0.4 is 20.4 Å². The molecule has 0 atom stereocenters. The Morgan fingerprint density at radius 2 is 2.00 bits per heavy atom. The minimum absolute atomic E-state index is 0.311. The van der Waals surface area contributed by atoms with Crippen molar-refractivity contribution in [2.75, 3.05) is 19.0 Å². The molecule has 8 heteroatoms. The van der Waals surface area contributed by atoms with Crippen molar-refractivity contribution < 1.29 is 13.9 Å². The summed E-state index contributed by atoms with van der Waals surface area (Å²) >= 11 is 12.4. The highest BCUT2D eigenvalue weighted by Gasteiger charge is 2.24. The first-order valence-electron chi connectivity index (χ1n) is 8.40. The van der Waals surface area contributed by atoms with Gasteiger partial charge in [-0.2, -0.15) is 0 Å². The van der Waals surface area contributed by atoms with Gasteiger partial charge in [0.2, 0.25) is 5.75 Å². The Labute approximate surface area is 165 Å². The van der Waals surface area contributed by atoms with Gasteiger partial charge in [0, 0.05) is 23.8 Å². The highest BCUT2D eigenvalue weighted by atomic mass is 35.5. The lowest BCUT2D eigenvalue weighted by Crippen LogP contribution is -2.06. The summed E-state index contributed by atoms with van der Waals surface area (Å²) in [6, 6.07) is 4.89. The van der Waals surface area contributed by atoms with E-state index in [9.17, 15) is 4.79 Å². The normalized spacial score (nSPS) is 13.6. The molecule has 140 valence electrons. The molecule has 0 aliphatic heterocycles. The molecule has 1 N–H and O–H groups in total. The second kappa shape index (κ2) is 7.29. The lowest BCUT2D eigenvalue weighted by Gasteiger charge is -2.15. The number of pyridine rings is 1. The molecule has 1 aliphatic rings. The van der Waals surface area contributed by atoms with Crippen molar-refractivity contribution in [2.24, 2.45) is 5.92 Å². The molecule has 4 rings (SSSR count). The van der Waals surface area contributed by atoms with Gasteiger partial charge in [0.25, 0.3) is 0 Å². The van der Waals surface area contributed by atoms with E-state index in [1.165, 1.54) is 18.5 Å². The fraction of sp³-hybridized carbons (Fsp3) is 0.263. The zero-order valence-corrected chi connectivity index (χ0v) is 15.9. The number of nitrogens with zero attached hydrogens (tertiary/aromatic N) is 1. The van der Waals surface area contributed by atoms with Crippen molar-refractivity contribution in [1.29, 1.82) is 0 Å². The van der Waals surface area contributed by atoms with Gasteiger partial charge in [0.15, 0.2) is 11.3 Å². The van der Waals surface area contributed by atoms with Crippen molar-refractivity contribution in [3.63, 3.8) is 0 Å². The summed E-state index contributed by atoms with van der Waals surface area (Å²) in [5.41, 5.74) is 0.730. The maximum absolute atomic E-state index is 12.2. The number of aromatic nitrogens is 1. The third-order valence-corrected chi connectivity index (χ3v) is 4.90. The number of nitrogens with one attached hydrogen (secondary N) is 1. The average Bonchev–Trinajstić information content (AvgIpc) is 3.47. The number of anilines is 2. The minimum atomic E-state index is -0.532. The molecular weight excluding hydrogens is 391 g/mol. The molecule has 3 aromatic rings. The Morgan fingerprint density at radius 1 is 1.26 bits per heavy atom. The van der Waals surface area contributed by atoms with Gasteiger partial charge < -0.3 is 19.2 Å². The monoisotopic (exact) mass is 406 g/mol. The van der Waals surface area contributed by atoms with Crippen LogP contribution in [0.2, 0.25) is 10.0 Å². The van der Waals surface area contributed by atoms with Crippen molar-refractivity contribution >= 4 is 45.5 Å². The second-order valence-corrected chi connectivity index (χ2v) is 7.12. The van der Waals surface area contributed by atoms with E-state index in [4.69, 9.17) is 37.1 Å². The Morgan fingerprint density at radius 3 is 2.67 bits per heavy atom. The Hall–Kier alpha value is -2.44. The van der Waals surface area contributed by atoms with E-state index in [0.29, 0.717) is 56.4 Å². The van der Waals surface area contributed by atoms with Crippen LogP contribution in [0.1, 0.15) is 12.8 Å². The van der Waals surface area contributed by atoms with E-state index in [1.807, 2.05) is 0 Å². The molecule has 0 saturated heterocycles. The highest BCUT2D eigenvalue weighted by molar-refractivity contribution is 6.39. The summed E-state index contributed by atoms with van der Waals surface area (Å²) in [4.78, 5) is 16.1. The van der Waals surface area contributed by atoms with Crippen LogP contribution in [0.5, 0.6) is 11.5 Å². The van der Waals surface area contributed by atoms with E-state index >= 15 is 0 Å². The van der Waals surface area contributed by atoms with E-state index in [2.05, 4.69) is 10.3 Å². The quantitative estimate of drug-likeness (QED) is 0.578. The van der Waals surface area contributed by atoms with Crippen LogP contribution in [0.4, 0.5) is 11.4 Å². The fourth-order valence-corrected chi connectivity index (χ4v) is 3.19. The zero-order chi connectivity index (χ0) is 19.0. The largest absolute Gasteiger partial charge is 0.493 e. The summed E-state index contributed by atoms with van der Waals surface area (Å²) in [7, 11) is 1.54. The van der Waals surface area contributed by atoms with Crippen LogP contribution in [0, 0.1) is 5.92 Å². The molecule has 6 nitrogen and oxygen atoms in total. The molecule has 2 heterocycles. The van der Waals surface area contributed by atoms with Crippen LogP contribution in [-0.4, -0.2) is 18.7 Å². The molecule has 1 aliphatic carbocycles. The maximum Gasteiger partial charge on any atom is 0.338 e. The molecule has 2 aromatic heterocycles. The van der Waals surface area contributed by atoms with E-state index < -0.39 is 5.63 Å². The van der Waals surface area contributed by atoms with Gasteiger partial charge in [0.1, 0.15) is 0 Å².